The van der Waals surface area contributed by atoms with Crippen LogP contribution in [0.2, 0.25) is 0 Å². The summed E-state index contributed by atoms with van der Waals surface area (Å²) in [5, 5.41) is 21.2. The first-order valence-electron chi connectivity index (χ1n) is 18.2. The number of carbonyl (C=O) groups excluding carboxylic acids is 2. The van der Waals surface area contributed by atoms with E-state index in [-0.39, 0.29) is 37.6 Å². The summed E-state index contributed by atoms with van der Waals surface area (Å²) in [6.45, 7) is 2.66. The third-order valence-corrected chi connectivity index (χ3v) is 9.44. The number of amides is 2. The van der Waals surface area contributed by atoms with E-state index in [1.54, 1.807) is 5.48 Å². The van der Waals surface area contributed by atoms with Gasteiger partial charge in [-0.25, -0.2) is 5.48 Å². The standard InChI is InChI=1S/C44H47N3O6/c48-31-34-17-19-37(20-18-34)41-26-40(30-47(28-32-9-3-1-4-10-32)29-33-11-5-2-6-12-33)52-44(53-41)38-23-21-36(22-24-38)39-14-7-13-35(25-39)27-45-42(49)15-8-16-43(50)46-51/h1-7,9-14,17-25,40-41,44,48,51H,8,15-16,26-31H2,(H,45,49)(H,46,50). The van der Waals surface area contributed by atoms with Crippen molar-refractivity contribution in [2.75, 3.05) is 6.54 Å². The molecule has 53 heavy (non-hydrogen) atoms. The van der Waals surface area contributed by atoms with E-state index >= 15 is 0 Å². The summed E-state index contributed by atoms with van der Waals surface area (Å²) in [4.78, 5) is 25.9. The zero-order valence-electron chi connectivity index (χ0n) is 29.8. The molecule has 0 saturated carbocycles. The van der Waals surface area contributed by atoms with Crippen LogP contribution in [0, 0.1) is 0 Å². The number of aliphatic hydroxyl groups excluding tert-OH is 1. The second kappa shape index (κ2) is 19.1. The topological polar surface area (TPSA) is 120 Å². The highest BCUT2D eigenvalue weighted by Gasteiger charge is 2.33. The number of nitrogens with zero attached hydrogens (tertiary/aromatic N) is 1. The Morgan fingerprint density at radius 3 is 1.92 bits per heavy atom. The van der Waals surface area contributed by atoms with Crippen molar-refractivity contribution in [3.05, 3.63) is 167 Å². The quantitative estimate of drug-likeness (QED) is 0.0622. The van der Waals surface area contributed by atoms with Crippen LogP contribution in [0.15, 0.2) is 133 Å². The van der Waals surface area contributed by atoms with Gasteiger partial charge in [-0.05, 0) is 51.4 Å². The molecule has 9 nitrogen and oxygen atoms in total. The number of carbonyl (C=O) groups is 2. The molecular formula is C44H47N3O6. The molecule has 0 spiro atoms. The van der Waals surface area contributed by atoms with Gasteiger partial charge in [-0.15, -0.1) is 0 Å². The molecule has 9 heteroatoms. The predicted molar refractivity (Wildman–Crippen MR) is 203 cm³/mol. The lowest BCUT2D eigenvalue weighted by molar-refractivity contribution is -0.253. The Hall–Kier alpha value is -5.16. The van der Waals surface area contributed by atoms with Crippen molar-refractivity contribution in [2.24, 2.45) is 0 Å². The smallest absolute Gasteiger partial charge is 0.243 e. The van der Waals surface area contributed by atoms with Crippen molar-refractivity contribution in [1.82, 2.24) is 15.7 Å². The van der Waals surface area contributed by atoms with Crippen LogP contribution in [0.4, 0.5) is 0 Å². The summed E-state index contributed by atoms with van der Waals surface area (Å²) in [5.41, 5.74) is 9.91. The maximum Gasteiger partial charge on any atom is 0.243 e. The first-order chi connectivity index (χ1) is 25.9. The molecule has 1 heterocycles. The van der Waals surface area contributed by atoms with E-state index in [2.05, 4.69) is 89.1 Å². The van der Waals surface area contributed by atoms with Crippen LogP contribution < -0.4 is 10.8 Å². The van der Waals surface area contributed by atoms with Gasteiger partial charge in [0, 0.05) is 51.0 Å². The minimum atomic E-state index is -0.578. The Kier molecular flexibility index (Phi) is 13.5. The fraction of sp³-hybridized carbons (Fsp3) is 0.273. The highest BCUT2D eigenvalue weighted by Crippen LogP contribution is 2.39. The van der Waals surface area contributed by atoms with Crippen molar-refractivity contribution in [1.29, 1.82) is 0 Å². The Bertz CT molecular complexity index is 1850. The molecule has 0 aliphatic carbocycles. The number of ether oxygens (including phenoxy) is 2. The Morgan fingerprint density at radius 1 is 0.660 bits per heavy atom. The maximum absolute atomic E-state index is 12.3. The van der Waals surface area contributed by atoms with E-state index in [0.29, 0.717) is 25.9 Å². The van der Waals surface area contributed by atoms with Crippen molar-refractivity contribution < 1.29 is 29.4 Å². The Morgan fingerprint density at radius 2 is 1.28 bits per heavy atom. The number of hydroxylamine groups is 1. The monoisotopic (exact) mass is 713 g/mol. The molecule has 1 saturated heterocycles. The van der Waals surface area contributed by atoms with Crippen LogP contribution in [0.5, 0.6) is 0 Å². The minimum absolute atomic E-state index is 0.00855. The number of aliphatic hydroxyl groups is 1. The van der Waals surface area contributed by atoms with E-state index in [1.807, 2.05) is 54.6 Å². The van der Waals surface area contributed by atoms with Gasteiger partial charge in [-0.1, -0.05) is 127 Å². The van der Waals surface area contributed by atoms with E-state index in [4.69, 9.17) is 14.7 Å². The van der Waals surface area contributed by atoms with Gasteiger partial charge < -0.3 is 19.9 Å². The van der Waals surface area contributed by atoms with E-state index in [0.717, 1.165) is 46.5 Å². The first kappa shape index (κ1) is 37.6. The third kappa shape index (κ3) is 11.2. The highest BCUT2D eigenvalue weighted by atomic mass is 16.7. The van der Waals surface area contributed by atoms with Gasteiger partial charge >= 0.3 is 0 Å². The first-order valence-corrected chi connectivity index (χ1v) is 18.2. The second-order valence-corrected chi connectivity index (χ2v) is 13.5. The summed E-state index contributed by atoms with van der Waals surface area (Å²) >= 11 is 0. The summed E-state index contributed by atoms with van der Waals surface area (Å²) in [6.07, 6.45) is 0.456. The fourth-order valence-corrected chi connectivity index (χ4v) is 6.64. The molecule has 274 valence electrons. The van der Waals surface area contributed by atoms with Crippen LogP contribution in [0.3, 0.4) is 0 Å². The van der Waals surface area contributed by atoms with Crippen molar-refractivity contribution in [3.8, 4) is 11.1 Å². The van der Waals surface area contributed by atoms with Gasteiger partial charge in [0.2, 0.25) is 11.8 Å². The Labute approximate surface area is 311 Å². The third-order valence-electron chi connectivity index (χ3n) is 9.44. The lowest BCUT2D eigenvalue weighted by Crippen LogP contribution is -2.39. The molecule has 5 aromatic rings. The molecule has 0 radical (unpaired) electrons. The molecule has 4 N–H and O–H groups in total. The van der Waals surface area contributed by atoms with Crippen LogP contribution in [0.25, 0.3) is 11.1 Å². The molecule has 1 aliphatic rings. The highest BCUT2D eigenvalue weighted by molar-refractivity contribution is 5.78. The zero-order valence-corrected chi connectivity index (χ0v) is 29.8. The normalized spacial score (nSPS) is 17.0. The van der Waals surface area contributed by atoms with Crippen LogP contribution in [0.1, 0.15) is 71.5 Å². The number of benzene rings is 5. The average Bonchev–Trinajstić information content (AvgIpc) is 3.21. The van der Waals surface area contributed by atoms with Crippen molar-refractivity contribution >= 4 is 11.8 Å². The van der Waals surface area contributed by atoms with Crippen molar-refractivity contribution in [2.45, 2.75) is 70.4 Å². The zero-order chi connectivity index (χ0) is 36.8. The SMILES string of the molecule is O=C(CCCC(=O)NCc1cccc(-c2ccc(C3OC(CN(Cc4ccccc4)Cc4ccccc4)CC(c4ccc(CO)cc4)O3)cc2)c1)NO. The molecule has 6 rings (SSSR count). The lowest BCUT2D eigenvalue weighted by Gasteiger charge is -2.38. The van der Waals surface area contributed by atoms with Crippen molar-refractivity contribution in [3.63, 3.8) is 0 Å². The number of nitrogens with one attached hydrogen (secondary N) is 2. The van der Waals surface area contributed by atoms with E-state index in [9.17, 15) is 14.7 Å². The number of hydrogen-bond acceptors (Lipinski definition) is 7. The van der Waals surface area contributed by atoms with E-state index in [1.165, 1.54) is 11.1 Å². The molecule has 1 aliphatic heterocycles. The van der Waals surface area contributed by atoms with Crippen LogP contribution >= 0.6 is 0 Å². The fourth-order valence-electron chi connectivity index (χ4n) is 6.64. The number of hydrogen-bond donors (Lipinski definition) is 4. The average molecular weight is 714 g/mol. The summed E-state index contributed by atoms with van der Waals surface area (Å²) in [7, 11) is 0. The molecule has 2 amide bonds. The largest absolute Gasteiger partial charge is 0.392 e. The van der Waals surface area contributed by atoms with Gasteiger partial charge in [-0.2, -0.15) is 0 Å². The molecule has 3 unspecified atom stereocenters. The maximum atomic E-state index is 12.3. The van der Waals surface area contributed by atoms with Gasteiger partial charge in [0.25, 0.3) is 0 Å². The van der Waals surface area contributed by atoms with Gasteiger partial charge in [0.05, 0.1) is 18.8 Å². The summed E-state index contributed by atoms with van der Waals surface area (Å²) in [5.74, 6) is -0.655. The molecule has 1 fully saturated rings. The van der Waals surface area contributed by atoms with E-state index < -0.39 is 12.2 Å². The molecule has 5 aromatic carbocycles. The molecular weight excluding hydrogens is 666 g/mol. The minimum Gasteiger partial charge on any atom is -0.392 e. The molecule has 0 aromatic heterocycles. The lowest BCUT2D eigenvalue weighted by atomic mass is 9.98. The predicted octanol–water partition coefficient (Wildman–Crippen LogP) is 7.39. The van der Waals surface area contributed by atoms with Gasteiger partial charge in [0.15, 0.2) is 6.29 Å². The van der Waals surface area contributed by atoms with Gasteiger partial charge in [0.1, 0.15) is 0 Å². The number of rotatable bonds is 16. The second-order valence-electron chi connectivity index (χ2n) is 13.5. The Balaban J connectivity index is 1.17. The van der Waals surface area contributed by atoms with Gasteiger partial charge in [-0.3, -0.25) is 19.7 Å². The summed E-state index contributed by atoms with van der Waals surface area (Å²) in [6, 6.07) is 45.3. The van der Waals surface area contributed by atoms with Crippen LogP contribution in [-0.2, 0) is 45.3 Å². The molecule has 3 atom stereocenters. The van der Waals surface area contributed by atoms with Crippen LogP contribution in [-0.4, -0.2) is 39.7 Å². The molecule has 0 bridgehead atoms. The summed E-state index contributed by atoms with van der Waals surface area (Å²) < 4.78 is 13.4.